The highest BCUT2D eigenvalue weighted by atomic mass is 35.5. The second-order valence-electron chi connectivity index (χ2n) is 5.81. The van der Waals surface area contributed by atoms with Crippen molar-refractivity contribution in [1.29, 1.82) is 0 Å². The maximum Gasteiger partial charge on any atom is 0.240 e. The van der Waals surface area contributed by atoms with E-state index in [1.165, 1.54) is 24.3 Å². The molecule has 2 aromatic rings. The maximum atomic E-state index is 12.1. The number of nitrogens with two attached hydrogens (primary N) is 1. The van der Waals surface area contributed by atoms with Gasteiger partial charge < -0.3 is 10.6 Å². The molecule has 11 heteroatoms. The van der Waals surface area contributed by atoms with Crippen molar-refractivity contribution < 1.29 is 18.0 Å². The first-order valence-corrected chi connectivity index (χ1v) is 10.8. The molecule has 0 bridgehead atoms. The van der Waals surface area contributed by atoms with Crippen LogP contribution in [0.25, 0.3) is 0 Å². The number of amidine groups is 1. The number of rotatable bonds is 5. The van der Waals surface area contributed by atoms with E-state index in [9.17, 15) is 18.0 Å². The van der Waals surface area contributed by atoms with Crippen molar-refractivity contribution >= 4 is 61.7 Å². The number of benzene rings is 2. The van der Waals surface area contributed by atoms with Crippen LogP contribution in [0, 0.1) is 0 Å². The molecule has 8 nitrogen and oxygen atoms in total. The summed E-state index contributed by atoms with van der Waals surface area (Å²) in [4.78, 5) is 28.5. The number of nitrogens with one attached hydrogen (secondary N) is 2. The molecule has 0 radical (unpaired) electrons. The molecule has 0 unspecified atom stereocenters. The first kappa shape index (κ1) is 20.3. The van der Waals surface area contributed by atoms with Crippen molar-refractivity contribution in [3.8, 4) is 0 Å². The molecule has 0 aliphatic carbocycles. The Kier molecular flexibility index (Phi) is 6.04. The largest absolute Gasteiger partial charge is 0.326 e. The highest BCUT2D eigenvalue weighted by molar-refractivity contribution is 8.15. The number of sulfonamides is 1. The number of primary sulfonamides is 1. The fraction of sp³-hybridized carbons (Fsp3) is 0.118. The van der Waals surface area contributed by atoms with E-state index in [0.29, 0.717) is 21.6 Å². The van der Waals surface area contributed by atoms with E-state index in [0.717, 1.165) is 11.8 Å². The molecule has 3 rings (SSSR count). The Labute approximate surface area is 170 Å². The minimum atomic E-state index is -3.78. The van der Waals surface area contributed by atoms with E-state index in [1.807, 2.05) is 0 Å². The first-order valence-electron chi connectivity index (χ1n) is 7.95. The summed E-state index contributed by atoms with van der Waals surface area (Å²) in [5.74, 6) is -0.634. The summed E-state index contributed by atoms with van der Waals surface area (Å²) in [6.45, 7) is 0. The highest BCUT2D eigenvalue weighted by Gasteiger charge is 2.32. The van der Waals surface area contributed by atoms with Gasteiger partial charge >= 0.3 is 0 Å². The second-order valence-corrected chi connectivity index (χ2v) is 9.00. The third-order valence-corrected chi connectivity index (χ3v) is 5.93. The van der Waals surface area contributed by atoms with Gasteiger partial charge in [0.05, 0.1) is 10.6 Å². The van der Waals surface area contributed by atoms with E-state index >= 15 is 0 Å². The Hall–Kier alpha value is -2.40. The Morgan fingerprint density at radius 1 is 1.18 bits per heavy atom. The summed E-state index contributed by atoms with van der Waals surface area (Å²) in [7, 11) is -3.78. The number of hydrogen-bond donors (Lipinski definition) is 3. The van der Waals surface area contributed by atoms with Gasteiger partial charge in [0.2, 0.25) is 21.8 Å². The monoisotopic (exact) mass is 438 g/mol. The molecule has 0 saturated carbocycles. The summed E-state index contributed by atoms with van der Waals surface area (Å²) in [5.41, 5.74) is 1.03. The fourth-order valence-electron chi connectivity index (χ4n) is 2.33. The number of carbonyl (C=O) groups is 2. The topological polar surface area (TPSA) is 131 Å². The lowest BCUT2D eigenvalue weighted by molar-refractivity contribution is -0.122. The molecule has 0 aromatic heterocycles. The third-order valence-electron chi connectivity index (χ3n) is 3.67. The van der Waals surface area contributed by atoms with Gasteiger partial charge in [-0.05, 0) is 48.5 Å². The molecular weight excluding hydrogens is 424 g/mol. The quantitative estimate of drug-likeness (QED) is 0.658. The molecule has 1 aliphatic heterocycles. The van der Waals surface area contributed by atoms with E-state index in [-0.39, 0.29) is 23.1 Å². The van der Waals surface area contributed by atoms with E-state index in [1.54, 1.807) is 24.3 Å². The average molecular weight is 439 g/mol. The van der Waals surface area contributed by atoms with Crippen LogP contribution in [0.15, 0.2) is 58.4 Å². The lowest BCUT2D eigenvalue weighted by Gasteiger charge is -2.07. The molecule has 4 N–H and O–H groups in total. The van der Waals surface area contributed by atoms with Gasteiger partial charge in [0.25, 0.3) is 0 Å². The van der Waals surface area contributed by atoms with Crippen LogP contribution >= 0.6 is 23.4 Å². The zero-order chi connectivity index (χ0) is 20.3. The minimum Gasteiger partial charge on any atom is -0.326 e. The summed E-state index contributed by atoms with van der Waals surface area (Å²) < 4.78 is 22.5. The van der Waals surface area contributed by atoms with Crippen LogP contribution in [0.4, 0.5) is 11.4 Å². The Morgan fingerprint density at radius 2 is 1.82 bits per heavy atom. The van der Waals surface area contributed by atoms with Gasteiger partial charge in [-0.25, -0.2) is 18.5 Å². The molecule has 146 valence electrons. The second kappa shape index (κ2) is 8.31. The summed E-state index contributed by atoms with van der Waals surface area (Å²) in [6, 6.07) is 12.2. The third kappa shape index (κ3) is 5.32. The zero-order valence-electron chi connectivity index (χ0n) is 14.3. The van der Waals surface area contributed by atoms with Gasteiger partial charge in [0.1, 0.15) is 5.25 Å². The average Bonchev–Trinajstić information content (AvgIpc) is 2.95. The summed E-state index contributed by atoms with van der Waals surface area (Å²) >= 11 is 6.93. The summed E-state index contributed by atoms with van der Waals surface area (Å²) in [6.07, 6.45) is -0.0253. The number of thioether (sulfide) groups is 1. The fourth-order valence-corrected chi connectivity index (χ4v) is 3.96. The van der Waals surface area contributed by atoms with Crippen molar-refractivity contribution in [2.75, 3.05) is 5.32 Å². The van der Waals surface area contributed by atoms with Crippen LogP contribution in [-0.2, 0) is 19.6 Å². The van der Waals surface area contributed by atoms with Crippen LogP contribution in [0.3, 0.4) is 0 Å². The van der Waals surface area contributed by atoms with E-state index < -0.39 is 15.3 Å². The number of anilines is 1. The van der Waals surface area contributed by atoms with Gasteiger partial charge in [-0.3, -0.25) is 9.59 Å². The predicted octanol–water partition coefficient (Wildman–Crippen LogP) is 2.24. The standard InChI is InChI=1S/C17H15ClN4O4S2/c18-10-1-3-11(4-2-10)20-15(23)9-14-16(24)22-17(27-14)21-12-5-7-13(8-6-12)28(19,25)26/h1-8,14H,9H2,(H,20,23)(H2,19,25,26)(H,21,22,24)/t14-/m1/s1. The van der Waals surface area contributed by atoms with Gasteiger partial charge in [0, 0.05) is 17.1 Å². The molecule has 1 heterocycles. The Morgan fingerprint density at radius 3 is 2.43 bits per heavy atom. The molecule has 2 amide bonds. The molecule has 2 aromatic carbocycles. The molecular formula is C17H15ClN4O4S2. The maximum absolute atomic E-state index is 12.1. The lowest BCUT2D eigenvalue weighted by atomic mass is 10.2. The SMILES string of the molecule is NS(=O)(=O)c1ccc(N=C2NC(=O)[C@@H](CC(=O)Nc3ccc(Cl)cc3)S2)cc1. The Bertz CT molecular complexity index is 1040. The van der Waals surface area contributed by atoms with Gasteiger partial charge in [0.15, 0.2) is 5.17 Å². The number of amides is 2. The van der Waals surface area contributed by atoms with Crippen LogP contribution in [-0.4, -0.2) is 30.6 Å². The van der Waals surface area contributed by atoms with Crippen molar-refractivity contribution in [2.24, 2.45) is 10.1 Å². The zero-order valence-corrected chi connectivity index (χ0v) is 16.6. The van der Waals surface area contributed by atoms with Crippen LogP contribution in [0.5, 0.6) is 0 Å². The first-order chi connectivity index (χ1) is 13.2. The predicted molar refractivity (Wildman–Crippen MR) is 109 cm³/mol. The lowest BCUT2D eigenvalue weighted by Crippen LogP contribution is -2.28. The number of nitrogens with zero attached hydrogens (tertiary/aromatic N) is 1. The van der Waals surface area contributed by atoms with Crippen LogP contribution < -0.4 is 15.8 Å². The van der Waals surface area contributed by atoms with E-state index in [2.05, 4.69) is 15.6 Å². The highest BCUT2D eigenvalue weighted by Crippen LogP contribution is 2.26. The van der Waals surface area contributed by atoms with Gasteiger partial charge in [-0.15, -0.1) is 0 Å². The number of hydrogen-bond acceptors (Lipinski definition) is 6. The minimum absolute atomic E-state index is 0.0253. The normalized spacial score (nSPS) is 18.1. The number of halogens is 1. The van der Waals surface area contributed by atoms with Crippen LogP contribution in [0.2, 0.25) is 5.02 Å². The summed E-state index contributed by atoms with van der Waals surface area (Å²) in [5, 5.41) is 10.6. The smallest absolute Gasteiger partial charge is 0.240 e. The number of aliphatic imine (C=N–C) groups is 1. The molecule has 1 aliphatic rings. The number of carbonyl (C=O) groups excluding carboxylic acids is 2. The van der Waals surface area contributed by atoms with Crippen molar-refractivity contribution in [1.82, 2.24) is 5.32 Å². The van der Waals surface area contributed by atoms with Crippen molar-refractivity contribution in [3.05, 3.63) is 53.6 Å². The molecule has 1 fully saturated rings. The Balaban J connectivity index is 1.62. The molecule has 28 heavy (non-hydrogen) atoms. The van der Waals surface area contributed by atoms with Crippen LogP contribution in [0.1, 0.15) is 6.42 Å². The van der Waals surface area contributed by atoms with Gasteiger partial charge in [-0.2, -0.15) is 0 Å². The van der Waals surface area contributed by atoms with Crippen molar-refractivity contribution in [2.45, 2.75) is 16.6 Å². The molecule has 1 atom stereocenters. The molecule has 0 spiro atoms. The van der Waals surface area contributed by atoms with Gasteiger partial charge in [-0.1, -0.05) is 23.4 Å². The molecule has 1 saturated heterocycles. The van der Waals surface area contributed by atoms with Crippen molar-refractivity contribution in [3.63, 3.8) is 0 Å². The van der Waals surface area contributed by atoms with E-state index in [4.69, 9.17) is 16.7 Å².